The molecule has 1 fully saturated rings. The lowest BCUT2D eigenvalue weighted by Crippen LogP contribution is -2.50. The van der Waals surface area contributed by atoms with Gasteiger partial charge in [-0.1, -0.05) is 29.8 Å². The van der Waals surface area contributed by atoms with Crippen LogP contribution < -0.4 is 4.74 Å². The monoisotopic (exact) mass is 404 g/mol. The van der Waals surface area contributed by atoms with Gasteiger partial charge in [0.1, 0.15) is 5.82 Å². The minimum atomic E-state index is -0.526. The molecule has 2 nitrogen and oxygen atoms in total. The summed E-state index contributed by atoms with van der Waals surface area (Å²) in [5.41, 5.74) is 0.902. The van der Waals surface area contributed by atoms with Crippen molar-refractivity contribution in [1.82, 2.24) is 0 Å². The fourth-order valence-corrected chi connectivity index (χ4v) is 4.93. The van der Waals surface area contributed by atoms with Crippen LogP contribution in [-0.4, -0.2) is 19.3 Å². The van der Waals surface area contributed by atoms with Crippen molar-refractivity contribution < 1.29 is 18.3 Å². The van der Waals surface area contributed by atoms with Gasteiger partial charge < -0.3 is 9.47 Å². The van der Waals surface area contributed by atoms with Crippen molar-refractivity contribution >= 4 is 11.6 Å². The molecule has 2 aromatic rings. The van der Waals surface area contributed by atoms with Gasteiger partial charge in [0.25, 0.3) is 0 Å². The average Bonchev–Trinajstić information content (AvgIpc) is 2.70. The molecule has 0 saturated heterocycles. The Hall–Kier alpha value is -1.91. The molecule has 5 heteroatoms. The molecule has 0 spiro atoms. The summed E-state index contributed by atoms with van der Waals surface area (Å²) in [7, 11) is 0. The predicted molar refractivity (Wildman–Crippen MR) is 106 cm³/mol. The van der Waals surface area contributed by atoms with E-state index in [0.29, 0.717) is 36.6 Å². The highest BCUT2D eigenvalue weighted by atomic mass is 35.5. The molecule has 148 valence electrons. The third kappa shape index (κ3) is 3.44. The molecule has 1 aliphatic carbocycles. The van der Waals surface area contributed by atoms with Crippen molar-refractivity contribution in [3.05, 3.63) is 76.8 Å². The van der Waals surface area contributed by atoms with E-state index in [1.54, 1.807) is 6.08 Å². The third-order valence-corrected chi connectivity index (χ3v) is 6.36. The van der Waals surface area contributed by atoms with E-state index in [2.05, 4.69) is 6.58 Å². The van der Waals surface area contributed by atoms with Crippen molar-refractivity contribution in [2.24, 2.45) is 5.92 Å². The molecule has 2 aliphatic rings. The van der Waals surface area contributed by atoms with E-state index in [-0.39, 0.29) is 17.8 Å². The van der Waals surface area contributed by atoms with Crippen LogP contribution in [0.25, 0.3) is 0 Å². The molecule has 0 radical (unpaired) electrons. The lowest BCUT2D eigenvalue weighted by Gasteiger charge is -2.50. The summed E-state index contributed by atoms with van der Waals surface area (Å²) in [4.78, 5) is 0. The SMILES string of the molecule is C=CCO[C@@H]1CC[C@@]2(Cc3ccc(Cl)cc3)c3c(F)ccc(F)c3OC[C@H]2C1. The maximum absolute atomic E-state index is 15.0. The smallest absolute Gasteiger partial charge is 0.165 e. The average molecular weight is 405 g/mol. The van der Waals surface area contributed by atoms with Crippen LogP contribution in [0.2, 0.25) is 5.02 Å². The Kier molecular flexibility index (Phi) is 5.44. The minimum absolute atomic E-state index is 0.0375. The third-order valence-electron chi connectivity index (χ3n) is 6.11. The fourth-order valence-electron chi connectivity index (χ4n) is 4.81. The zero-order valence-electron chi connectivity index (χ0n) is 15.6. The first-order chi connectivity index (χ1) is 13.5. The van der Waals surface area contributed by atoms with Gasteiger partial charge in [0, 0.05) is 21.9 Å². The van der Waals surface area contributed by atoms with Gasteiger partial charge in [-0.15, -0.1) is 6.58 Å². The number of benzene rings is 2. The van der Waals surface area contributed by atoms with Gasteiger partial charge in [-0.25, -0.2) is 8.78 Å². The molecule has 1 saturated carbocycles. The van der Waals surface area contributed by atoms with Crippen molar-refractivity contribution in [3.63, 3.8) is 0 Å². The van der Waals surface area contributed by atoms with Gasteiger partial charge >= 0.3 is 0 Å². The first kappa shape index (κ1) is 19.4. The molecule has 0 N–H and O–H groups in total. The first-order valence-corrected chi connectivity index (χ1v) is 9.99. The first-order valence-electron chi connectivity index (χ1n) is 9.61. The van der Waals surface area contributed by atoms with Crippen LogP contribution in [0.3, 0.4) is 0 Å². The lowest BCUT2D eigenvalue weighted by molar-refractivity contribution is -0.0244. The molecule has 2 aromatic carbocycles. The fraction of sp³-hybridized carbons (Fsp3) is 0.391. The molecule has 0 unspecified atom stereocenters. The van der Waals surface area contributed by atoms with E-state index in [0.717, 1.165) is 24.5 Å². The molecule has 28 heavy (non-hydrogen) atoms. The second-order valence-corrected chi connectivity index (χ2v) is 8.16. The summed E-state index contributed by atoms with van der Waals surface area (Å²) in [5.74, 6) is -0.804. The topological polar surface area (TPSA) is 18.5 Å². The van der Waals surface area contributed by atoms with Crippen molar-refractivity contribution in [2.75, 3.05) is 13.2 Å². The lowest BCUT2D eigenvalue weighted by atomic mass is 9.58. The van der Waals surface area contributed by atoms with Gasteiger partial charge in [-0.2, -0.15) is 0 Å². The van der Waals surface area contributed by atoms with E-state index in [1.807, 2.05) is 24.3 Å². The molecule has 0 aromatic heterocycles. The van der Waals surface area contributed by atoms with Crippen molar-refractivity contribution in [1.29, 1.82) is 0 Å². The zero-order valence-corrected chi connectivity index (χ0v) is 16.4. The van der Waals surface area contributed by atoms with E-state index < -0.39 is 17.0 Å². The molecule has 3 atom stereocenters. The quantitative estimate of drug-likeness (QED) is 0.581. The molecular formula is C23H23ClF2O2. The summed E-state index contributed by atoms with van der Waals surface area (Å²) >= 11 is 6.03. The number of hydrogen-bond acceptors (Lipinski definition) is 2. The van der Waals surface area contributed by atoms with Crippen LogP contribution in [0.15, 0.2) is 49.1 Å². The molecule has 0 amide bonds. The molecule has 0 bridgehead atoms. The van der Waals surface area contributed by atoms with Crippen LogP contribution in [0.1, 0.15) is 30.4 Å². The number of fused-ring (bicyclic) bond motifs is 3. The molecule has 1 aliphatic heterocycles. The highest BCUT2D eigenvalue weighted by Gasteiger charge is 2.51. The summed E-state index contributed by atoms with van der Waals surface area (Å²) in [6.45, 7) is 4.55. The van der Waals surface area contributed by atoms with E-state index in [1.165, 1.54) is 6.07 Å². The van der Waals surface area contributed by atoms with Gasteiger partial charge in [0.2, 0.25) is 0 Å². The Morgan fingerprint density at radius 3 is 2.68 bits per heavy atom. The number of hydrogen-bond donors (Lipinski definition) is 0. The highest BCUT2D eigenvalue weighted by molar-refractivity contribution is 6.30. The summed E-state index contributed by atoms with van der Waals surface area (Å²) in [5, 5.41) is 0.656. The highest BCUT2D eigenvalue weighted by Crippen LogP contribution is 2.53. The number of ether oxygens (including phenoxy) is 2. The molecule has 1 heterocycles. The maximum atomic E-state index is 15.0. The molecular weight excluding hydrogens is 382 g/mol. The van der Waals surface area contributed by atoms with Crippen LogP contribution in [-0.2, 0) is 16.6 Å². The van der Waals surface area contributed by atoms with Crippen molar-refractivity contribution in [2.45, 2.75) is 37.2 Å². The normalized spacial score (nSPS) is 26.1. The van der Waals surface area contributed by atoms with Gasteiger partial charge in [0.15, 0.2) is 11.6 Å². The predicted octanol–water partition coefficient (Wildman–Crippen LogP) is 5.86. The van der Waals surface area contributed by atoms with E-state index in [9.17, 15) is 4.39 Å². The van der Waals surface area contributed by atoms with Crippen LogP contribution >= 0.6 is 11.6 Å². The largest absolute Gasteiger partial charge is 0.490 e. The van der Waals surface area contributed by atoms with Gasteiger partial charge in [0.05, 0.1) is 19.3 Å². The standard InChI is InChI=1S/C23H23ClF2O2/c1-2-11-27-18-9-10-23(13-15-3-5-17(24)6-4-15)16(12-18)14-28-22-20(26)8-7-19(25)21(22)23/h2-8,16,18H,1,9-14H2/t16-,18-,23+/m1/s1. The van der Waals surface area contributed by atoms with Gasteiger partial charge in [-0.3, -0.25) is 0 Å². The zero-order chi connectivity index (χ0) is 19.7. The van der Waals surface area contributed by atoms with E-state index >= 15 is 4.39 Å². The Balaban J connectivity index is 1.76. The van der Waals surface area contributed by atoms with Crippen molar-refractivity contribution in [3.8, 4) is 5.75 Å². The van der Waals surface area contributed by atoms with Crippen LogP contribution in [0.4, 0.5) is 8.78 Å². The molecule has 4 rings (SSSR count). The summed E-state index contributed by atoms with van der Waals surface area (Å²) in [6, 6.07) is 9.95. The second-order valence-electron chi connectivity index (χ2n) is 7.72. The Labute approximate surface area is 169 Å². The van der Waals surface area contributed by atoms with E-state index in [4.69, 9.17) is 21.1 Å². The number of halogens is 3. The Morgan fingerprint density at radius 2 is 1.93 bits per heavy atom. The summed E-state index contributed by atoms with van der Waals surface area (Å²) < 4.78 is 41.1. The number of rotatable bonds is 5. The maximum Gasteiger partial charge on any atom is 0.165 e. The Morgan fingerprint density at radius 1 is 1.18 bits per heavy atom. The van der Waals surface area contributed by atoms with Gasteiger partial charge in [-0.05, 0) is 55.5 Å². The summed E-state index contributed by atoms with van der Waals surface area (Å²) in [6.07, 6.45) is 4.66. The Bertz CT molecular complexity index is 868. The van der Waals surface area contributed by atoms with Crippen LogP contribution in [0, 0.1) is 17.6 Å². The second kappa shape index (κ2) is 7.84. The van der Waals surface area contributed by atoms with Crippen LogP contribution in [0.5, 0.6) is 5.75 Å². The minimum Gasteiger partial charge on any atom is -0.490 e.